The van der Waals surface area contributed by atoms with E-state index in [4.69, 9.17) is 16.7 Å². The van der Waals surface area contributed by atoms with Crippen LogP contribution < -0.4 is 10.6 Å². The van der Waals surface area contributed by atoms with Crippen molar-refractivity contribution in [3.05, 3.63) is 28.8 Å². The number of halogens is 1. The van der Waals surface area contributed by atoms with Crippen LogP contribution in [-0.2, 0) is 0 Å². The summed E-state index contributed by atoms with van der Waals surface area (Å²) in [7, 11) is 0. The largest absolute Gasteiger partial charge is 0.478 e. The molecular weight excluding hydrogens is 280 g/mol. The molecule has 108 valence electrons. The maximum absolute atomic E-state index is 11.9. The van der Waals surface area contributed by atoms with E-state index in [-0.39, 0.29) is 22.3 Å². The highest BCUT2D eigenvalue weighted by atomic mass is 35.5. The molecule has 3 N–H and O–H groups in total. The first-order valence-corrected chi connectivity index (χ1v) is 6.94. The van der Waals surface area contributed by atoms with Crippen LogP contribution in [0, 0.1) is 5.92 Å². The van der Waals surface area contributed by atoms with Gasteiger partial charge in [-0.1, -0.05) is 30.5 Å². The maximum Gasteiger partial charge on any atom is 0.339 e. The SMILES string of the molecule is CC(CC1CC1)NC(=O)Nc1cccc(Cl)c1C(=O)O. The Bertz CT molecular complexity index is 529. The Labute approximate surface area is 122 Å². The van der Waals surface area contributed by atoms with Crippen LogP contribution in [0.15, 0.2) is 18.2 Å². The normalized spacial score (nSPS) is 15.5. The third-order valence-corrected chi connectivity index (χ3v) is 3.55. The fraction of sp³-hybridized carbons (Fsp3) is 0.429. The number of rotatable bonds is 5. The zero-order valence-corrected chi connectivity index (χ0v) is 11.9. The standard InChI is InChI=1S/C14H17ClN2O3/c1-8(7-9-5-6-9)16-14(20)17-11-4-2-3-10(15)12(11)13(18)19/h2-4,8-9H,5-7H2,1H3,(H,18,19)(H2,16,17,20). The maximum atomic E-state index is 11.9. The van der Waals surface area contributed by atoms with Gasteiger partial charge >= 0.3 is 12.0 Å². The molecule has 1 aliphatic rings. The van der Waals surface area contributed by atoms with E-state index in [1.165, 1.54) is 25.0 Å². The summed E-state index contributed by atoms with van der Waals surface area (Å²) in [5.41, 5.74) is 0.0975. The lowest BCUT2D eigenvalue weighted by Gasteiger charge is -2.15. The van der Waals surface area contributed by atoms with E-state index >= 15 is 0 Å². The van der Waals surface area contributed by atoms with Crippen molar-refractivity contribution in [1.29, 1.82) is 0 Å². The van der Waals surface area contributed by atoms with Gasteiger partial charge in [-0.2, -0.15) is 0 Å². The van der Waals surface area contributed by atoms with Crippen LogP contribution in [0.1, 0.15) is 36.5 Å². The Hall–Kier alpha value is -1.75. The second-order valence-corrected chi connectivity index (χ2v) is 5.55. The smallest absolute Gasteiger partial charge is 0.339 e. The second-order valence-electron chi connectivity index (χ2n) is 5.15. The molecule has 0 heterocycles. The molecule has 1 fully saturated rings. The second kappa shape index (κ2) is 6.13. The first-order chi connectivity index (χ1) is 9.47. The predicted octanol–water partition coefficient (Wildman–Crippen LogP) is 3.35. The first-order valence-electron chi connectivity index (χ1n) is 6.56. The summed E-state index contributed by atoms with van der Waals surface area (Å²) in [6.45, 7) is 1.94. The van der Waals surface area contributed by atoms with Crippen molar-refractivity contribution in [3.63, 3.8) is 0 Å². The van der Waals surface area contributed by atoms with Gasteiger partial charge in [0, 0.05) is 6.04 Å². The molecule has 2 rings (SSSR count). The van der Waals surface area contributed by atoms with Crippen LogP contribution in [0.3, 0.4) is 0 Å². The lowest BCUT2D eigenvalue weighted by Crippen LogP contribution is -2.36. The van der Waals surface area contributed by atoms with Crippen LogP contribution in [0.2, 0.25) is 5.02 Å². The van der Waals surface area contributed by atoms with Crippen molar-refractivity contribution in [2.45, 2.75) is 32.2 Å². The van der Waals surface area contributed by atoms with Gasteiger partial charge in [0.2, 0.25) is 0 Å². The highest BCUT2D eigenvalue weighted by molar-refractivity contribution is 6.34. The van der Waals surface area contributed by atoms with Crippen molar-refractivity contribution in [1.82, 2.24) is 5.32 Å². The molecule has 0 radical (unpaired) electrons. The molecule has 5 nitrogen and oxygen atoms in total. The van der Waals surface area contributed by atoms with Gasteiger partial charge in [0.25, 0.3) is 0 Å². The van der Waals surface area contributed by atoms with Gasteiger partial charge in [-0.05, 0) is 31.4 Å². The van der Waals surface area contributed by atoms with E-state index < -0.39 is 12.0 Å². The molecule has 6 heteroatoms. The molecule has 1 saturated carbocycles. The van der Waals surface area contributed by atoms with E-state index in [1.807, 2.05) is 6.92 Å². The van der Waals surface area contributed by atoms with E-state index in [1.54, 1.807) is 6.07 Å². The van der Waals surface area contributed by atoms with E-state index in [9.17, 15) is 9.59 Å². The van der Waals surface area contributed by atoms with Gasteiger partial charge in [-0.3, -0.25) is 0 Å². The molecule has 20 heavy (non-hydrogen) atoms. The van der Waals surface area contributed by atoms with Crippen molar-refractivity contribution >= 4 is 29.3 Å². The number of carbonyl (C=O) groups excluding carboxylic acids is 1. The van der Waals surface area contributed by atoms with Gasteiger partial charge in [0.15, 0.2) is 0 Å². The zero-order valence-electron chi connectivity index (χ0n) is 11.1. The lowest BCUT2D eigenvalue weighted by atomic mass is 10.1. The molecule has 0 spiro atoms. The topological polar surface area (TPSA) is 78.4 Å². The Morgan fingerprint density at radius 3 is 2.75 bits per heavy atom. The number of urea groups is 1. The molecule has 1 unspecified atom stereocenters. The average molecular weight is 297 g/mol. The summed E-state index contributed by atoms with van der Waals surface area (Å²) in [6, 6.07) is 4.24. The lowest BCUT2D eigenvalue weighted by molar-refractivity contribution is 0.0698. The van der Waals surface area contributed by atoms with Gasteiger partial charge < -0.3 is 15.7 Å². The summed E-state index contributed by atoms with van der Waals surface area (Å²) >= 11 is 5.84. The zero-order chi connectivity index (χ0) is 14.7. The number of amides is 2. The Kier molecular flexibility index (Phi) is 4.49. The molecule has 1 aliphatic carbocycles. The minimum absolute atomic E-state index is 0.0648. The van der Waals surface area contributed by atoms with Crippen LogP contribution >= 0.6 is 11.6 Å². The third kappa shape index (κ3) is 3.87. The minimum Gasteiger partial charge on any atom is -0.478 e. The van der Waals surface area contributed by atoms with Crippen molar-refractivity contribution in [3.8, 4) is 0 Å². The molecule has 1 atom stereocenters. The Morgan fingerprint density at radius 1 is 1.45 bits per heavy atom. The quantitative estimate of drug-likeness (QED) is 0.779. The fourth-order valence-corrected chi connectivity index (χ4v) is 2.40. The van der Waals surface area contributed by atoms with E-state index in [0.717, 1.165) is 6.42 Å². The van der Waals surface area contributed by atoms with Gasteiger partial charge in [-0.15, -0.1) is 0 Å². The van der Waals surface area contributed by atoms with Crippen LogP contribution in [0.4, 0.5) is 10.5 Å². The predicted molar refractivity (Wildman–Crippen MR) is 77.4 cm³/mol. The Balaban J connectivity index is 1.99. The van der Waals surface area contributed by atoms with Crippen LogP contribution in [0.5, 0.6) is 0 Å². The summed E-state index contributed by atoms with van der Waals surface area (Å²) in [6.07, 6.45) is 3.41. The average Bonchev–Trinajstić information content (AvgIpc) is 3.11. The molecule has 0 aromatic heterocycles. The van der Waals surface area contributed by atoms with Gasteiger partial charge in [0.05, 0.1) is 10.7 Å². The van der Waals surface area contributed by atoms with Crippen molar-refractivity contribution in [2.24, 2.45) is 5.92 Å². The Morgan fingerprint density at radius 2 is 2.15 bits per heavy atom. The molecule has 1 aromatic rings. The number of carbonyl (C=O) groups is 2. The summed E-state index contributed by atoms with van der Waals surface area (Å²) in [5.74, 6) is -0.456. The van der Waals surface area contributed by atoms with Crippen molar-refractivity contribution < 1.29 is 14.7 Å². The van der Waals surface area contributed by atoms with E-state index in [2.05, 4.69) is 10.6 Å². The molecule has 0 aliphatic heterocycles. The number of aromatic carboxylic acids is 1. The number of carboxylic acids is 1. The molecule has 0 bridgehead atoms. The number of hydrogen-bond acceptors (Lipinski definition) is 2. The van der Waals surface area contributed by atoms with Crippen LogP contribution in [0.25, 0.3) is 0 Å². The summed E-state index contributed by atoms with van der Waals surface area (Å²) in [4.78, 5) is 23.0. The van der Waals surface area contributed by atoms with Crippen LogP contribution in [-0.4, -0.2) is 23.1 Å². The molecule has 1 aromatic carbocycles. The first kappa shape index (κ1) is 14.7. The highest BCUT2D eigenvalue weighted by Crippen LogP contribution is 2.33. The highest BCUT2D eigenvalue weighted by Gasteiger charge is 2.24. The van der Waals surface area contributed by atoms with Crippen molar-refractivity contribution in [2.75, 3.05) is 5.32 Å². The number of carboxylic acid groups (broad SMARTS) is 1. The van der Waals surface area contributed by atoms with Gasteiger partial charge in [-0.25, -0.2) is 9.59 Å². The summed E-state index contributed by atoms with van der Waals surface area (Å²) in [5, 5.41) is 14.6. The number of nitrogens with one attached hydrogen (secondary N) is 2. The number of anilines is 1. The molecule has 0 saturated heterocycles. The summed E-state index contributed by atoms with van der Waals surface area (Å²) < 4.78 is 0. The molecular formula is C14H17ClN2O3. The fourth-order valence-electron chi connectivity index (χ4n) is 2.14. The third-order valence-electron chi connectivity index (χ3n) is 3.24. The van der Waals surface area contributed by atoms with E-state index in [0.29, 0.717) is 5.92 Å². The number of benzene rings is 1. The number of hydrogen-bond donors (Lipinski definition) is 3. The molecule has 2 amide bonds. The monoisotopic (exact) mass is 296 g/mol. The minimum atomic E-state index is -1.17. The van der Waals surface area contributed by atoms with Gasteiger partial charge in [0.1, 0.15) is 5.56 Å².